The van der Waals surface area contributed by atoms with E-state index in [0.29, 0.717) is 11.9 Å². The summed E-state index contributed by atoms with van der Waals surface area (Å²) >= 11 is 0. The number of oxime groups is 1. The molecule has 0 spiro atoms. The lowest BCUT2D eigenvalue weighted by molar-refractivity contribution is 0.304. The van der Waals surface area contributed by atoms with E-state index in [1.54, 1.807) is 6.20 Å². The van der Waals surface area contributed by atoms with Gasteiger partial charge in [-0.2, -0.15) is 0 Å². The molecule has 0 aliphatic heterocycles. The molecular formula is C15H26N4O. The maximum Gasteiger partial charge on any atom is 0.144 e. The van der Waals surface area contributed by atoms with Crippen LogP contribution in [0.5, 0.6) is 0 Å². The van der Waals surface area contributed by atoms with Crippen molar-refractivity contribution >= 4 is 5.84 Å². The predicted octanol–water partition coefficient (Wildman–Crippen LogP) is 2.68. The van der Waals surface area contributed by atoms with Gasteiger partial charge in [0.05, 0.1) is 0 Å². The maximum absolute atomic E-state index is 8.72. The number of nitrogens with zero attached hydrogens (tertiary/aromatic N) is 2. The molecule has 0 amide bonds. The molecular weight excluding hydrogens is 252 g/mol. The smallest absolute Gasteiger partial charge is 0.144 e. The summed E-state index contributed by atoms with van der Waals surface area (Å²) in [5.41, 5.74) is 6.62. The second-order valence-electron chi connectivity index (χ2n) is 5.79. The van der Waals surface area contributed by atoms with Crippen molar-refractivity contribution < 1.29 is 5.21 Å². The molecule has 112 valence electrons. The molecule has 0 aliphatic rings. The van der Waals surface area contributed by atoms with Crippen molar-refractivity contribution in [3.05, 3.63) is 30.1 Å². The monoisotopic (exact) mass is 278 g/mol. The maximum atomic E-state index is 8.72. The van der Waals surface area contributed by atoms with Gasteiger partial charge in [-0.15, -0.1) is 0 Å². The first-order valence-electron chi connectivity index (χ1n) is 7.08. The Morgan fingerprint density at radius 1 is 1.50 bits per heavy atom. The van der Waals surface area contributed by atoms with Gasteiger partial charge < -0.3 is 16.3 Å². The van der Waals surface area contributed by atoms with E-state index in [1.165, 1.54) is 5.56 Å². The number of nitrogens with one attached hydrogen (secondary N) is 1. The molecule has 0 aromatic carbocycles. The summed E-state index contributed by atoms with van der Waals surface area (Å²) in [7, 11) is 0. The Labute approximate surface area is 121 Å². The zero-order valence-electron chi connectivity index (χ0n) is 12.6. The van der Waals surface area contributed by atoms with Crippen molar-refractivity contribution in [2.75, 3.05) is 6.54 Å². The molecule has 1 heterocycles. The van der Waals surface area contributed by atoms with E-state index < -0.39 is 0 Å². The average Bonchev–Trinajstić information content (AvgIpc) is 2.46. The third-order valence-corrected chi connectivity index (χ3v) is 3.66. The molecule has 0 fully saturated rings. The molecule has 0 saturated heterocycles. The molecule has 0 radical (unpaired) electrons. The Balaban J connectivity index is 2.23. The van der Waals surface area contributed by atoms with Crippen molar-refractivity contribution in [2.45, 2.75) is 46.1 Å². The summed E-state index contributed by atoms with van der Waals surface area (Å²) in [4.78, 5) is 4.12. The normalized spacial score (nSPS) is 14.2. The average molecular weight is 278 g/mol. The lowest BCUT2D eigenvalue weighted by atomic mass is 9.86. The minimum atomic E-state index is -0.246. The number of amidine groups is 1. The van der Waals surface area contributed by atoms with E-state index in [4.69, 9.17) is 10.9 Å². The number of hydrogen-bond donors (Lipinski definition) is 3. The molecule has 0 bridgehead atoms. The summed E-state index contributed by atoms with van der Waals surface area (Å²) in [5, 5.41) is 15.3. The van der Waals surface area contributed by atoms with Crippen LogP contribution in [0.4, 0.5) is 0 Å². The third kappa shape index (κ3) is 5.17. The summed E-state index contributed by atoms with van der Waals surface area (Å²) in [6, 6.07) is 4.33. The summed E-state index contributed by atoms with van der Waals surface area (Å²) < 4.78 is 0. The van der Waals surface area contributed by atoms with E-state index in [9.17, 15) is 0 Å². The van der Waals surface area contributed by atoms with Gasteiger partial charge in [-0.25, -0.2) is 0 Å². The Hall–Kier alpha value is -1.62. The number of unbranched alkanes of at least 4 members (excludes halogenated alkanes) is 1. The fourth-order valence-corrected chi connectivity index (χ4v) is 2.02. The van der Waals surface area contributed by atoms with Crippen LogP contribution in [0.15, 0.2) is 29.7 Å². The van der Waals surface area contributed by atoms with Crippen molar-refractivity contribution in [3.63, 3.8) is 0 Å². The minimum absolute atomic E-state index is 0.246. The Bertz CT molecular complexity index is 417. The van der Waals surface area contributed by atoms with Crippen LogP contribution in [0.2, 0.25) is 0 Å². The molecule has 0 saturated carbocycles. The molecule has 5 heteroatoms. The SMILES string of the molecule is C[C@@H](NCCCCC(C)(C)/C(N)=N/O)c1cccnc1. The van der Waals surface area contributed by atoms with Gasteiger partial charge in [0.25, 0.3) is 0 Å². The Morgan fingerprint density at radius 3 is 2.85 bits per heavy atom. The minimum Gasteiger partial charge on any atom is -0.409 e. The molecule has 20 heavy (non-hydrogen) atoms. The van der Waals surface area contributed by atoms with Gasteiger partial charge in [-0.05, 0) is 37.9 Å². The topological polar surface area (TPSA) is 83.5 Å². The summed E-state index contributed by atoms with van der Waals surface area (Å²) in [5.74, 6) is 0.300. The highest BCUT2D eigenvalue weighted by Crippen LogP contribution is 2.23. The zero-order valence-corrected chi connectivity index (χ0v) is 12.6. The number of nitrogens with two attached hydrogens (primary N) is 1. The Kier molecular flexibility index (Phi) is 6.45. The molecule has 1 aromatic heterocycles. The molecule has 5 nitrogen and oxygen atoms in total. The van der Waals surface area contributed by atoms with Gasteiger partial charge in [0.1, 0.15) is 5.84 Å². The van der Waals surface area contributed by atoms with E-state index in [2.05, 4.69) is 28.4 Å². The van der Waals surface area contributed by atoms with Gasteiger partial charge in [0.15, 0.2) is 0 Å². The predicted molar refractivity (Wildman–Crippen MR) is 81.7 cm³/mol. The largest absolute Gasteiger partial charge is 0.409 e. The molecule has 1 rings (SSSR count). The van der Waals surface area contributed by atoms with Gasteiger partial charge in [0, 0.05) is 23.9 Å². The molecule has 0 unspecified atom stereocenters. The quantitative estimate of drug-likeness (QED) is 0.224. The van der Waals surface area contributed by atoms with Crippen LogP contribution >= 0.6 is 0 Å². The second-order valence-corrected chi connectivity index (χ2v) is 5.79. The van der Waals surface area contributed by atoms with Crippen LogP contribution in [0, 0.1) is 5.41 Å². The molecule has 1 atom stereocenters. The first kappa shape index (κ1) is 16.4. The van der Waals surface area contributed by atoms with Crippen LogP contribution in [0.3, 0.4) is 0 Å². The summed E-state index contributed by atoms with van der Waals surface area (Å²) in [6.07, 6.45) is 6.68. The van der Waals surface area contributed by atoms with E-state index in [0.717, 1.165) is 25.8 Å². The number of pyridine rings is 1. The zero-order chi connectivity index (χ0) is 15.0. The van der Waals surface area contributed by atoms with Crippen LogP contribution in [-0.2, 0) is 0 Å². The first-order chi connectivity index (χ1) is 9.47. The van der Waals surface area contributed by atoms with E-state index >= 15 is 0 Å². The number of aromatic nitrogens is 1. The Morgan fingerprint density at radius 2 is 2.25 bits per heavy atom. The lowest BCUT2D eigenvalue weighted by Crippen LogP contribution is -2.32. The number of hydrogen-bond acceptors (Lipinski definition) is 4. The molecule has 4 N–H and O–H groups in total. The van der Waals surface area contributed by atoms with Crippen molar-refractivity contribution in [1.29, 1.82) is 0 Å². The van der Waals surface area contributed by atoms with Crippen molar-refractivity contribution in [3.8, 4) is 0 Å². The van der Waals surface area contributed by atoms with Crippen LogP contribution in [0.25, 0.3) is 0 Å². The van der Waals surface area contributed by atoms with Gasteiger partial charge >= 0.3 is 0 Å². The fourth-order valence-electron chi connectivity index (χ4n) is 2.02. The van der Waals surface area contributed by atoms with E-state index in [1.807, 2.05) is 26.1 Å². The highest BCUT2D eigenvalue weighted by Gasteiger charge is 2.22. The second kappa shape index (κ2) is 7.85. The molecule has 1 aromatic rings. The fraction of sp³-hybridized carbons (Fsp3) is 0.600. The van der Waals surface area contributed by atoms with Crippen LogP contribution < -0.4 is 11.1 Å². The van der Waals surface area contributed by atoms with Crippen molar-refractivity contribution in [1.82, 2.24) is 10.3 Å². The van der Waals surface area contributed by atoms with Crippen molar-refractivity contribution in [2.24, 2.45) is 16.3 Å². The van der Waals surface area contributed by atoms with E-state index in [-0.39, 0.29) is 5.41 Å². The third-order valence-electron chi connectivity index (χ3n) is 3.66. The van der Waals surface area contributed by atoms with Gasteiger partial charge in [-0.1, -0.05) is 31.5 Å². The summed E-state index contributed by atoms with van der Waals surface area (Å²) in [6.45, 7) is 7.07. The first-order valence-corrected chi connectivity index (χ1v) is 7.08. The van der Waals surface area contributed by atoms with Gasteiger partial charge in [0.2, 0.25) is 0 Å². The highest BCUT2D eigenvalue weighted by molar-refractivity contribution is 5.85. The van der Waals surface area contributed by atoms with Crippen LogP contribution in [-0.4, -0.2) is 22.6 Å². The molecule has 0 aliphatic carbocycles. The van der Waals surface area contributed by atoms with Gasteiger partial charge in [-0.3, -0.25) is 4.98 Å². The lowest BCUT2D eigenvalue weighted by Gasteiger charge is -2.22. The standard InChI is InChI=1S/C15H26N4O/c1-12(13-7-6-9-17-11-13)18-10-5-4-8-15(2,3)14(16)19-20/h6-7,9,11-12,18,20H,4-5,8,10H2,1-3H3,(H2,16,19)/t12-/m1/s1. The van der Waals surface area contributed by atoms with Crippen LogP contribution in [0.1, 0.15) is 51.6 Å². The highest BCUT2D eigenvalue weighted by atomic mass is 16.4. The number of rotatable bonds is 8.